The largest absolute Gasteiger partial charge is 0.369 e. The number of carbonyl (C=O) groups excluding carboxylic acids is 2. The molecule has 3 aromatic carbocycles. The maximum atomic E-state index is 13.5. The zero-order valence-corrected chi connectivity index (χ0v) is 26.1. The molecular formula is C34H41Cl2N5O2. The molecule has 7 nitrogen and oxygen atoms in total. The molecule has 6 rings (SSSR count). The minimum absolute atomic E-state index is 0. The summed E-state index contributed by atoms with van der Waals surface area (Å²) >= 11 is 6.15. The van der Waals surface area contributed by atoms with Gasteiger partial charge < -0.3 is 20.4 Å². The van der Waals surface area contributed by atoms with Crippen LogP contribution in [0.1, 0.15) is 35.1 Å². The zero-order chi connectivity index (χ0) is 28.9. The molecule has 0 radical (unpaired) electrons. The Morgan fingerprint density at radius 1 is 0.930 bits per heavy atom. The van der Waals surface area contributed by atoms with E-state index in [0.29, 0.717) is 25.9 Å². The van der Waals surface area contributed by atoms with Crippen LogP contribution in [-0.4, -0.2) is 73.0 Å². The summed E-state index contributed by atoms with van der Waals surface area (Å²) < 4.78 is 0. The standard InChI is InChI=1S/C34H40ClN5O2.ClH/c35-29-13-11-25(12-14-29)20-30(37-34(42)31-21-26-6-1-2-7-27(26)22-36-31)24-38-16-18-39(19-17-38)32-9-4-3-8-28(32)23-40-15-5-10-33(40)41;/h1-4,6-9,11-14,30-31,36H,5,10,15-24H2,(H,37,42);1H/t30-,31-;/m1./s1. The number of amides is 2. The van der Waals surface area contributed by atoms with Crippen molar-refractivity contribution >= 4 is 41.5 Å². The average Bonchev–Trinajstić information content (AvgIpc) is 3.42. The number of halogens is 2. The fourth-order valence-electron chi connectivity index (χ4n) is 6.52. The van der Waals surface area contributed by atoms with Crippen LogP contribution in [0.4, 0.5) is 5.69 Å². The quantitative estimate of drug-likeness (QED) is 0.370. The monoisotopic (exact) mass is 621 g/mol. The highest BCUT2D eigenvalue weighted by Crippen LogP contribution is 2.25. The predicted molar refractivity (Wildman–Crippen MR) is 175 cm³/mol. The third-order valence-electron chi connectivity index (χ3n) is 8.86. The van der Waals surface area contributed by atoms with E-state index < -0.39 is 0 Å². The van der Waals surface area contributed by atoms with Crippen LogP contribution in [-0.2, 0) is 35.5 Å². The van der Waals surface area contributed by atoms with Crippen LogP contribution in [0.3, 0.4) is 0 Å². The Kier molecular flexibility index (Phi) is 10.6. The number of nitrogens with one attached hydrogen (secondary N) is 2. The van der Waals surface area contributed by atoms with E-state index in [0.717, 1.165) is 62.7 Å². The summed E-state index contributed by atoms with van der Waals surface area (Å²) in [5.74, 6) is 0.323. The van der Waals surface area contributed by atoms with Gasteiger partial charge in [-0.25, -0.2) is 0 Å². The van der Waals surface area contributed by atoms with Crippen molar-refractivity contribution in [1.29, 1.82) is 0 Å². The van der Waals surface area contributed by atoms with Gasteiger partial charge in [-0.05, 0) is 59.7 Å². The first-order valence-corrected chi connectivity index (χ1v) is 15.6. The van der Waals surface area contributed by atoms with Crippen LogP contribution in [0.2, 0.25) is 5.02 Å². The van der Waals surface area contributed by atoms with Gasteiger partial charge in [-0.2, -0.15) is 0 Å². The molecule has 2 N–H and O–H groups in total. The van der Waals surface area contributed by atoms with Gasteiger partial charge in [-0.1, -0.05) is 66.2 Å². The lowest BCUT2D eigenvalue weighted by Gasteiger charge is -2.39. The van der Waals surface area contributed by atoms with Gasteiger partial charge in [0.25, 0.3) is 0 Å². The number of piperazine rings is 1. The summed E-state index contributed by atoms with van der Waals surface area (Å²) in [6, 6.07) is 24.5. The molecule has 2 amide bonds. The lowest BCUT2D eigenvalue weighted by molar-refractivity contribution is -0.128. The molecule has 3 heterocycles. The second-order valence-corrected chi connectivity index (χ2v) is 12.2. The molecule has 228 valence electrons. The minimum Gasteiger partial charge on any atom is -0.369 e. The molecule has 0 saturated carbocycles. The van der Waals surface area contributed by atoms with Gasteiger partial charge in [0.2, 0.25) is 11.8 Å². The molecule has 2 saturated heterocycles. The number of hydrogen-bond acceptors (Lipinski definition) is 5. The van der Waals surface area contributed by atoms with Gasteiger partial charge in [0.15, 0.2) is 0 Å². The van der Waals surface area contributed by atoms with Gasteiger partial charge in [0, 0.05) is 75.5 Å². The molecule has 0 spiro atoms. The van der Waals surface area contributed by atoms with Crippen molar-refractivity contribution in [3.8, 4) is 0 Å². The van der Waals surface area contributed by atoms with Gasteiger partial charge in [-0.3, -0.25) is 14.5 Å². The first-order valence-electron chi connectivity index (χ1n) is 15.2. The van der Waals surface area contributed by atoms with Gasteiger partial charge in [-0.15, -0.1) is 12.4 Å². The maximum absolute atomic E-state index is 13.5. The number of carbonyl (C=O) groups is 2. The van der Waals surface area contributed by atoms with Gasteiger partial charge >= 0.3 is 0 Å². The number of hydrogen-bond donors (Lipinski definition) is 2. The van der Waals surface area contributed by atoms with Crippen LogP contribution in [0.15, 0.2) is 72.8 Å². The molecule has 0 bridgehead atoms. The molecule has 3 aliphatic rings. The van der Waals surface area contributed by atoms with Crippen LogP contribution >= 0.6 is 24.0 Å². The maximum Gasteiger partial charge on any atom is 0.237 e. The summed E-state index contributed by atoms with van der Waals surface area (Å²) in [5.41, 5.74) is 6.12. The van der Waals surface area contributed by atoms with E-state index in [4.69, 9.17) is 11.6 Å². The van der Waals surface area contributed by atoms with Crippen LogP contribution in [0.25, 0.3) is 0 Å². The number of anilines is 1. The number of rotatable bonds is 9. The summed E-state index contributed by atoms with van der Waals surface area (Å²) in [5, 5.41) is 7.55. The van der Waals surface area contributed by atoms with Crippen molar-refractivity contribution < 1.29 is 9.59 Å². The number of fused-ring (bicyclic) bond motifs is 1. The van der Waals surface area contributed by atoms with Gasteiger partial charge in [0.1, 0.15) is 0 Å². The first kappa shape index (κ1) is 31.3. The summed E-state index contributed by atoms with van der Waals surface area (Å²) in [7, 11) is 0. The van der Waals surface area contributed by atoms with E-state index in [2.05, 4.69) is 75.0 Å². The highest BCUT2D eigenvalue weighted by Gasteiger charge is 2.28. The van der Waals surface area contributed by atoms with E-state index in [-0.39, 0.29) is 36.3 Å². The number of likely N-dealkylation sites (tertiary alicyclic amines) is 1. The smallest absolute Gasteiger partial charge is 0.237 e. The van der Waals surface area contributed by atoms with Crippen molar-refractivity contribution in [2.75, 3.05) is 44.2 Å². The summed E-state index contributed by atoms with van der Waals surface area (Å²) in [6.07, 6.45) is 3.08. The predicted octanol–water partition coefficient (Wildman–Crippen LogP) is 4.45. The zero-order valence-electron chi connectivity index (χ0n) is 24.5. The van der Waals surface area contributed by atoms with Crippen molar-refractivity contribution in [3.63, 3.8) is 0 Å². The van der Waals surface area contributed by atoms with E-state index >= 15 is 0 Å². The van der Waals surface area contributed by atoms with Crippen molar-refractivity contribution in [2.24, 2.45) is 0 Å². The molecular weight excluding hydrogens is 581 g/mol. The highest BCUT2D eigenvalue weighted by molar-refractivity contribution is 6.30. The molecule has 3 aromatic rings. The Morgan fingerprint density at radius 2 is 1.65 bits per heavy atom. The Morgan fingerprint density at radius 3 is 2.40 bits per heavy atom. The molecule has 2 atom stereocenters. The third kappa shape index (κ3) is 7.90. The summed E-state index contributed by atoms with van der Waals surface area (Å²) in [4.78, 5) is 32.6. The van der Waals surface area contributed by atoms with Crippen LogP contribution in [0.5, 0.6) is 0 Å². The molecule has 0 unspecified atom stereocenters. The normalized spacial score (nSPS) is 19.5. The second-order valence-electron chi connectivity index (χ2n) is 11.8. The van der Waals surface area contributed by atoms with Crippen molar-refractivity contribution in [2.45, 2.75) is 50.9 Å². The second kappa shape index (κ2) is 14.6. The molecule has 3 aliphatic heterocycles. The SMILES string of the molecule is Cl.O=C(N[C@H](Cc1ccc(Cl)cc1)CN1CCN(c2ccccc2CN2CCCC2=O)CC1)[C@H]1Cc2ccccc2CN1. The Hall–Kier alpha value is -3.10. The number of nitrogens with zero attached hydrogens (tertiary/aromatic N) is 3. The third-order valence-corrected chi connectivity index (χ3v) is 9.11. The molecule has 0 aromatic heterocycles. The molecule has 43 heavy (non-hydrogen) atoms. The fraction of sp³-hybridized carbons (Fsp3) is 0.412. The Balaban J connectivity index is 0.00000368. The number of benzene rings is 3. The van der Waals surface area contributed by atoms with E-state index in [9.17, 15) is 9.59 Å². The summed E-state index contributed by atoms with van der Waals surface area (Å²) in [6.45, 7) is 6.69. The van der Waals surface area contributed by atoms with Crippen LogP contribution < -0.4 is 15.5 Å². The molecule has 0 aliphatic carbocycles. The first-order chi connectivity index (χ1) is 20.5. The Bertz CT molecular complexity index is 1390. The van der Waals surface area contributed by atoms with E-state index in [1.165, 1.54) is 22.4 Å². The van der Waals surface area contributed by atoms with E-state index in [1.54, 1.807) is 0 Å². The topological polar surface area (TPSA) is 67.9 Å². The molecule has 2 fully saturated rings. The van der Waals surface area contributed by atoms with Gasteiger partial charge in [0.05, 0.1) is 6.04 Å². The average molecular weight is 623 g/mol. The number of para-hydroxylation sites is 1. The lowest BCUT2D eigenvalue weighted by atomic mass is 9.95. The minimum atomic E-state index is -0.233. The van der Waals surface area contributed by atoms with E-state index in [1.807, 2.05) is 23.1 Å². The van der Waals surface area contributed by atoms with Crippen LogP contribution in [0, 0.1) is 0 Å². The fourth-order valence-corrected chi connectivity index (χ4v) is 6.65. The Labute approximate surface area is 266 Å². The molecule has 9 heteroatoms. The lowest BCUT2D eigenvalue weighted by Crippen LogP contribution is -2.55. The highest BCUT2D eigenvalue weighted by atomic mass is 35.5. The van der Waals surface area contributed by atoms with Crippen molar-refractivity contribution in [1.82, 2.24) is 20.4 Å². The van der Waals surface area contributed by atoms with Crippen molar-refractivity contribution in [3.05, 3.63) is 100 Å².